The molecule has 0 unspecified atom stereocenters. The number of carbonyl (C=O) groups excluding carboxylic acids is 2. The summed E-state index contributed by atoms with van der Waals surface area (Å²) in [5.74, 6) is -0.829. The maximum atomic E-state index is 12.2. The number of rotatable bonds is 6. The summed E-state index contributed by atoms with van der Waals surface area (Å²) in [7, 11) is 0. The summed E-state index contributed by atoms with van der Waals surface area (Å²) in [6.07, 6.45) is 1.20. The lowest BCUT2D eigenvalue weighted by Gasteiger charge is -2.06. The number of nitro groups is 1. The zero-order chi connectivity index (χ0) is 19.1. The number of nitriles is 1. The van der Waals surface area contributed by atoms with E-state index in [1.165, 1.54) is 37.4 Å². The largest absolute Gasteiger partial charge is 0.360 e. The molecule has 0 aromatic heterocycles. The molecule has 2 aromatic rings. The van der Waals surface area contributed by atoms with Crippen LogP contribution in [0.2, 0.25) is 0 Å². The highest BCUT2D eigenvalue weighted by Gasteiger charge is 2.12. The van der Waals surface area contributed by atoms with E-state index in [-0.39, 0.29) is 22.7 Å². The van der Waals surface area contributed by atoms with Crippen molar-refractivity contribution in [3.63, 3.8) is 0 Å². The molecule has 2 aromatic carbocycles. The van der Waals surface area contributed by atoms with Gasteiger partial charge < -0.3 is 10.6 Å². The monoisotopic (exact) mass is 350 g/mol. The summed E-state index contributed by atoms with van der Waals surface area (Å²) in [6, 6.07) is 13.7. The number of hydrogen-bond donors (Lipinski definition) is 2. The van der Waals surface area contributed by atoms with Crippen LogP contribution in [0.15, 0.2) is 60.3 Å². The molecule has 0 spiro atoms. The predicted octanol–water partition coefficient (Wildman–Crippen LogP) is 3.26. The Balaban J connectivity index is 2.13. The summed E-state index contributed by atoms with van der Waals surface area (Å²) in [5, 5.41) is 25.1. The van der Waals surface area contributed by atoms with Crippen LogP contribution < -0.4 is 10.6 Å². The molecule has 0 aliphatic heterocycles. The lowest BCUT2D eigenvalue weighted by atomic mass is 10.1. The van der Waals surface area contributed by atoms with Crippen molar-refractivity contribution in [2.45, 2.75) is 6.92 Å². The first-order valence-corrected chi connectivity index (χ1v) is 7.44. The molecule has 0 atom stereocenters. The van der Waals surface area contributed by atoms with Crippen LogP contribution in [0.5, 0.6) is 0 Å². The third-order valence-corrected chi connectivity index (χ3v) is 3.33. The van der Waals surface area contributed by atoms with Crippen LogP contribution in [0.3, 0.4) is 0 Å². The SMILES string of the molecule is CC(=O)c1cccc(N/C=C(/C#N)C(=O)Nc2cccc([N+](=O)[O-])c2)c1. The molecule has 130 valence electrons. The smallest absolute Gasteiger partial charge is 0.271 e. The maximum absolute atomic E-state index is 12.2. The van der Waals surface area contributed by atoms with Crippen molar-refractivity contribution in [2.24, 2.45) is 0 Å². The van der Waals surface area contributed by atoms with E-state index in [9.17, 15) is 19.7 Å². The van der Waals surface area contributed by atoms with Gasteiger partial charge >= 0.3 is 0 Å². The lowest BCUT2D eigenvalue weighted by Crippen LogP contribution is -2.14. The van der Waals surface area contributed by atoms with Crippen LogP contribution >= 0.6 is 0 Å². The average molecular weight is 350 g/mol. The molecule has 1 amide bonds. The van der Waals surface area contributed by atoms with E-state index in [0.717, 1.165) is 0 Å². The molecule has 0 aliphatic carbocycles. The minimum Gasteiger partial charge on any atom is -0.360 e. The number of amides is 1. The summed E-state index contributed by atoms with van der Waals surface area (Å²) in [4.78, 5) is 33.7. The number of Topliss-reactive ketones (excluding diaryl/α,β-unsaturated/α-hetero) is 1. The van der Waals surface area contributed by atoms with Gasteiger partial charge in [0, 0.05) is 35.3 Å². The molecule has 2 rings (SSSR count). The Morgan fingerprint density at radius 3 is 2.50 bits per heavy atom. The second kappa shape index (κ2) is 8.21. The third-order valence-electron chi connectivity index (χ3n) is 3.33. The van der Waals surface area contributed by atoms with Crippen molar-refractivity contribution in [1.82, 2.24) is 0 Å². The van der Waals surface area contributed by atoms with Crippen molar-refractivity contribution in [3.8, 4) is 6.07 Å². The summed E-state index contributed by atoms with van der Waals surface area (Å²) < 4.78 is 0. The fourth-order valence-corrected chi connectivity index (χ4v) is 2.03. The van der Waals surface area contributed by atoms with E-state index < -0.39 is 10.8 Å². The molecular formula is C18H14N4O4. The molecule has 8 heteroatoms. The molecule has 0 saturated heterocycles. The van der Waals surface area contributed by atoms with Gasteiger partial charge in [0.25, 0.3) is 11.6 Å². The Morgan fingerprint density at radius 1 is 1.15 bits per heavy atom. The lowest BCUT2D eigenvalue weighted by molar-refractivity contribution is -0.384. The second-order valence-electron chi connectivity index (χ2n) is 5.21. The van der Waals surface area contributed by atoms with E-state index in [1.54, 1.807) is 30.3 Å². The van der Waals surface area contributed by atoms with Crippen LogP contribution in [0.25, 0.3) is 0 Å². The van der Waals surface area contributed by atoms with Crippen LogP contribution in [-0.4, -0.2) is 16.6 Å². The average Bonchev–Trinajstić information content (AvgIpc) is 2.62. The van der Waals surface area contributed by atoms with E-state index in [1.807, 2.05) is 0 Å². The van der Waals surface area contributed by atoms with Crippen molar-refractivity contribution in [1.29, 1.82) is 5.26 Å². The number of ketones is 1. The number of benzene rings is 2. The Bertz CT molecular complexity index is 944. The number of carbonyl (C=O) groups is 2. The molecule has 0 bridgehead atoms. The van der Waals surface area contributed by atoms with Gasteiger partial charge in [0.05, 0.1) is 4.92 Å². The molecule has 0 heterocycles. The Kier molecular flexibility index (Phi) is 5.79. The van der Waals surface area contributed by atoms with Gasteiger partial charge in [-0.2, -0.15) is 5.26 Å². The molecule has 0 saturated carbocycles. The van der Waals surface area contributed by atoms with Gasteiger partial charge in [0.15, 0.2) is 5.78 Å². The molecule has 2 N–H and O–H groups in total. The van der Waals surface area contributed by atoms with Crippen molar-refractivity contribution in [2.75, 3.05) is 10.6 Å². The van der Waals surface area contributed by atoms with Crippen LogP contribution in [-0.2, 0) is 4.79 Å². The topological polar surface area (TPSA) is 125 Å². The van der Waals surface area contributed by atoms with Gasteiger partial charge in [0.2, 0.25) is 0 Å². The van der Waals surface area contributed by atoms with E-state index in [2.05, 4.69) is 10.6 Å². The highest BCUT2D eigenvalue weighted by Crippen LogP contribution is 2.18. The van der Waals surface area contributed by atoms with Crippen molar-refractivity contribution in [3.05, 3.63) is 76.0 Å². The zero-order valence-electron chi connectivity index (χ0n) is 13.7. The van der Waals surface area contributed by atoms with Gasteiger partial charge in [-0.1, -0.05) is 18.2 Å². The minimum absolute atomic E-state index is 0.110. The fraction of sp³-hybridized carbons (Fsp3) is 0.0556. The van der Waals surface area contributed by atoms with Gasteiger partial charge in [0.1, 0.15) is 11.6 Å². The quantitative estimate of drug-likeness (QED) is 0.271. The van der Waals surface area contributed by atoms with Crippen LogP contribution in [0, 0.1) is 21.4 Å². The second-order valence-corrected chi connectivity index (χ2v) is 5.21. The minimum atomic E-state index is -0.719. The first kappa shape index (κ1) is 18.4. The summed E-state index contributed by atoms with van der Waals surface area (Å²) >= 11 is 0. The number of anilines is 2. The maximum Gasteiger partial charge on any atom is 0.271 e. The Hall–Kier alpha value is -3.99. The fourth-order valence-electron chi connectivity index (χ4n) is 2.03. The van der Waals surface area contributed by atoms with E-state index in [0.29, 0.717) is 11.3 Å². The molecule has 0 aliphatic rings. The molecule has 8 nitrogen and oxygen atoms in total. The number of nitro benzene ring substituents is 1. The van der Waals surface area contributed by atoms with Gasteiger partial charge in [-0.3, -0.25) is 19.7 Å². The molecule has 0 radical (unpaired) electrons. The highest BCUT2D eigenvalue weighted by atomic mass is 16.6. The van der Waals surface area contributed by atoms with Gasteiger partial charge in [-0.15, -0.1) is 0 Å². The number of hydrogen-bond acceptors (Lipinski definition) is 6. The van der Waals surface area contributed by atoms with Gasteiger partial charge in [-0.05, 0) is 25.1 Å². The zero-order valence-corrected chi connectivity index (χ0v) is 13.7. The van der Waals surface area contributed by atoms with E-state index in [4.69, 9.17) is 5.26 Å². The Morgan fingerprint density at radius 2 is 1.85 bits per heavy atom. The Labute approximate surface area is 148 Å². The first-order valence-electron chi connectivity index (χ1n) is 7.44. The number of nitrogens with one attached hydrogen (secondary N) is 2. The molecule has 26 heavy (non-hydrogen) atoms. The van der Waals surface area contributed by atoms with Crippen LogP contribution in [0.4, 0.5) is 17.1 Å². The predicted molar refractivity (Wildman–Crippen MR) is 95.5 cm³/mol. The first-order chi connectivity index (χ1) is 12.4. The molecular weight excluding hydrogens is 336 g/mol. The number of non-ortho nitro benzene ring substituents is 1. The third kappa shape index (κ3) is 4.75. The van der Waals surface area contributed by atoms with E-state index >= 15 is 0 Å². The molecule has 0 fully saturated rings. The normalized spacial score (nSPS) is 10.5. The van der Waals surface area contributed by atoms with Crippen molar-refractivity contribution >= 4 is 28.8 Å². The van der Waals surface area contributed by atoms with Gasteiger partial charge in [-0.25, -0.2) is 0 Å². The number of nitrogens with zero attached hydrogens (tertiary/aromatic N) is 2. The summed E-state index contributed by atoms with van der Waals surface area (Å²) in [6.45, 7) is 1.43. The highest BCUT2D eigenvalue weighted by molar-refractivity contribution is 6.06. The van der Waals surface area contributed by atoms with Crippen LogP contribution in [0.1, 0.15) is 17.3 Å². The summed E-state index contributed by atoms with van der Waals surface area (Å²) in [5.41, 5.74) is 0.815. The standard InChI is InChI=1S/C18H14N4O4/c1-12(23)13-4-2-5-15(8-13)20-11-14(10-19)18(24)21-16-6-3-7-17(9-16)22(25)26/h2-9,11,20H,1H3,(H,21,24)/b14-11-. The van der Waals surface area contributed by atoms with Crippen molar-refractivity contribution < 1.29 is 14.5 Å².